The number of piperidine rings is 1. The van der Waals surface area contributed by atoms with E-state index in [1.54, 1.807) is 0 Å². The highest BCUT2D eigenvalue weighted by Gasteiger charge is 2.35. The molecule has 1 aliphatic rings. The van der Waals surface area contributed by atoms with Crippen molar-refractivity contribution in [2.45, 2.75) is 52.4 Å². The Morgan fingerprint density at radius 2 is 1.59 bits per heavy atom. The van der Waals surface area contributed by atoms with Gasteiger partial charge in [-0.15, -0.1) is 0 Å². The molecular weight excluding hydrogens is 384 g/mol. The number of aryl methyl sites for hydroxylation is 5. The normalized spacial score (nSPS) is 17.9. The van der Waals surface area contributed by atoms with Crippen molar-refractivity contribution in [1.82, 2.24) is 4.31 Å². The predicted octanol–water partition coefficient (Wildman–Crippen LogP) is 4.27. The number of nitrogens with one attached hydrogen (secondary N) is 1. The van der Waals surface area contributed by atoms with Gasteiger partial charge in [-0.2, -0.15) is 4.31 Å². The van der Waals surface area contributed by atoms with E-state index in [-0.39, 0.29) is 18.4 Å². The largest absolute Gasteiger partial charge is 0.325 e. The molecule has 1 saturated heterocycles. The summed E-state index contributed by atoms with van der Waals surface area (Å²) >= 11 is 0. The van der Waals surface area contributed by atoms with E-state index in [0.29, 0.717) is 24.3 Å². The first-order chi connectivity index (χ1) is 13.6. The summed E-state index contributed by atoms with van der Waals surface area (Å²) in [4.78, 5) is 13.3. The smallest absolute Gasteiger partial charge is 0.243 e. The van der Waals surface area contributed by atoms with Crippen LogP contribution in [0.25, 0.3) is 0 Å². The van der Waals surface area contributed by atoms with Crippen molar-refractivity contribution in [2.75, 3.05) is 18.4 Å². The molecule has 0 radical (unpaired) electrons. The fourth-order valence-corrected chi connectivity index (χ4v) is 6.25. The zero-order valence-electron chi connectivity index (χ0n) is 17.9. The zero-order chi connectivity index (χ0) is 21.3. The van der Waals surface area contributed by atoms with Gasteiger partial charge in [-0.1, -0.05) is 35.9 Å². The van der Waals surface area contributed by atoms with Gasteiger partial charge >= 0.3 is 0 Å². The van der Waals surface area contributed by atoms with Crippen LogP contribution in [0.5, 0.6) is 0 Å². The molecule has 2 aromatic carbocycles. The molecule has 0 aromatic heterocycles. The van der Waals surface area contributed by atoms with Gasteiger partial charge in [-0.3, -0.25) is 4.79 Å². The van der Waals surface area contributed by atoms with Crippen molar-refractivity contribution in [2.24, 2.45) is 5.92 Å². The van der Waals surface area contributed by atoms with Crippen LogP contribution in [0.15, 0.2) is 35.2 Å². The van der Waals surface area contributed by atoms with Crippen LogP contribution in [0.1, 0.15) is 40.7 Å². The summed E-state index contributed by atoms with van der Waals surface area (Å²) in [7, 11) is -3.64. The molecule has 29 heavy (non-hydrogen) atoms. The molecule has 5 nitrogen and oxygen atoms in total. The van der Waals surface area contributed by atoms with E-state index >= 15 is 0 Å². The Kier molecular flexibility index (Phi) is 6.15. The lowest BCUT2D eigenvalue weighted by Gasteiger charge is -2.32. The molecule has 0 saturated carbocycles. The highest BCUT2D eigenvalue weighted by molar-refractivity contribution is 7.89. The fraction of sp³-hybridized carbons (Fsp3) is 0.435. The number of sulfonamides is 1. The molecule has 0 aliphatic carbocycles. The summed E-state index contributed by atoms with van der Waals surface area (Å²) in [5, 5.41) is 3.03. The van der Waals surface area contributed by atoms with E-state index in [2.05, 4.69) is 5.32 Å². The first-order valence-electron chi connectivity index (χ1n) is 10.1. The number of hydrogen-bond acceptors (Lipinski definition) is 3. The number of benzene rings is 2. The van der Waals surface area contributed by atoms with Gasteiger partial charge in [0.25, 0.3) is 0 Å². The van der Waals surface area contributed by atoms with Gasteiger partial charge in [0.15, 0.2) is 0 Å². The maximum Gasteiger partial charge on any atom is 0.243 e. The monoisotopic (exact) mass is 414 g/mol. The minimum absolute atomic E-state index is 0.111. The van der Waals surface area contributed by atoms with Crippen LogP contribution >= 0.6 is 0 Å². The zero-order valence-corrected chi connectivity index (χ0v) is 18.7. The quantitative estimate of drug-likeness (QED) is 0.812. The lowest BCUT2D eigenvalue weighted by Crippen LogP contribution is -2.44. The SMILES string of the molecule is Cc1cc(C)c(S(=O)(=O)N2CCCC(C(=O)Nc3c(C)cccc3C)C2)c(C)c1. The van der Waals surface area contributed by atoms with Crippen LogP contribution in [0.2, 0.25) is 0 Å². The van der Waals surface area contributed by atoms with Gasteiger partial charge in [-0.25, -0.2) is 8.42 Å². The standard InChI is InChI=1S/C23H30N2O3S/c1-15-12-18(4)22(19(5)13-15)29(27,28)25-11-7-10-20(14-25)23(26)24-21-16(2)8-6-9-17(21)3/h6,8-9,12-13,20H,7,10-11,14H2,1-5H3,(H,24,26). The van der Waals surface area contributed by atoms with Gasteiger partial charge in [0.1, 0.15) is 0 Å². The molecule has 1 N–H and O–H groups in total. The number of amides is 1. The Morgan fingerprint density at radius 3 is 2.17 bits per heavy atom. The van der Waals surface area contributed by atoms with E-state index in [1.807, 2.05) is 65.0 Å². The van der Waals surface area contributed by atoms with Gasteiger partial charge in [-0.05, 0) is 69.7 Å². The molecule has 6 heteroatoms. The minimum Gasteiger partial charge on any atom is -0.325 e. The molecule has 1 amide bonds. The molecule has 156 valence electrons. The van der Waals surface area contributed by atoms with E-state index in [9.17, 15) is 13.2 Å². The second-order valence-electron chi connectivity index (χ2n) is 8.19. The Bertz CT molecular complexity index is 1000. The Labute approximate surface area is 174 Å². The predicted molar refractivity (Wildman–Crippen MR) is 117 cm³/mol. The number of para-hydroxylation sites is 1. The maximum absolute atomic E-state index is 13.4. The first-order valence-corrected chi connectivity index (χ1v) is 11.5. The molecular formula is C23H30N2O3S. The number of nitrogens with zero attached hydrogens (tertiary/aromatic N) is 1. The number of anilines is 1. The first kappa shape index (κ1) is 21.5. The van der Waals surface area contributed by atoms with E-state index in [0.717, 1.165) is 33.5 Å². The van der Waals surface area contributed by atoms with E-state index in [1.165, 1.54) is 4.31 Å². The summed E-state index contributed by atoms with van der Waals surface area (Å²) in [6.45, 7) is 10.2. The van der Waals surface area contributed by atoms with E-state index in [4.69, 9.17) is 0 Å². The second-order valence-corrected chi connectivity index (χ2v) is 10.1. The van der Waals surface area contributed by atoms with Crippen LogP contribution in [0, 0.1) is 40.5 Å². The van der Waals surface area contributed by atoms with Crippen LogP contribution in [0.4, 0.5) is 5.69 Å². The molecule has 1 unspecified atom stereocenters. The van der Waals surface area contributed by atoms with Crippen LogP contribution in [-0.2, 0) is 14.8 Å². The maximum atomic E-state index is 13.4. The Balaban J connectivity index is 1.83. The lowest BCUT2D eigenvalue weighted by atomic mass is 9.98. The van der Waals surface area contributed by atoms with Crippen molar-refractivity contribution in [3.63, 3.8) is 0 Å². The summed E-state index contributed by atoms with van der Waals surface area (Å²) in [5.41, 5.74) is 5.38. The number of rotatable bonds is 4. The molecule has 3 rings (SSSR count). The van der Waals surface area contributed by atoms with E-state index < -0.39 is 10.0 Å². The Morgan fingerprint density at radius 1 is 1.00 bits per heavy atom. The van der Waals surface area contributed by atoms with Crippen molar-refractivity contribution >= 4 is 21.6 Å². The third-order valence-electron chi connectivity index (χ3n) is 5.69. The summed E-state index contributed by atoms with van der Waals surface area (Å²) < 4.78 is 28.2. The Hall–Kier alpha value is -2.18. The molecule has 1 atom stereocenters. The molecule has 1 heterocycles. The molecule has 2 aromatic rings. The van der Waals surface area contributed by atoms with Gasteiger partial charge in [0.2, 0.25) is 15.9 Å². The third-order valence-corrected chi connectivity index (χ3v) is 7.86. The number of carbonyl (C=O) groups excluding carboxylic acids is 1. The lowest BCUT2D eigenvalue weighted by molar-refractivity contribution is -0.120. The molecule has 0 spiro atoms. The summed E-state index contributed by atoms with van der Waals surface area (Å²) in [5.74, 6) is -0.469. The summed E-state index contributed by atoms with van der Waals surface area (Å²) in [6.07, 6.45) is 1.36. The van der Waals surface area contributed by atoms with Gasteiger partial charge in [0.05, 0.1) is 10.8 Å². The van der Waals surface area contributed by atoms with Crippen molar-refractivity contribution in [3.05, 3.63) is 58.1 Å². The topological polar surface area (TPSA) is 66.5 Å². The second kappa shape index (κ2) is 8.28. The van der Waals surface area contributed by atoms with Crippen LogP contribution < -0.4 is 5.32 Å². The van der Waals surface area contributed by atoms with Crippen LogP contribution in [-0.4, -0.2) is 31.7 Å². The van der Waals surface area contributed by atoms with Crippen molar-refractivity contribution in [3.8, 4) is 0 Å². The van der Waals surface area contributed by atoms with Crippen molar-refractivity contribution in [1.29, 1.82) is 0 Å². The highest BCUT2D eigenvalue weighted by atomic mass is 32.2. The molecule has 0 bridgehead atoms. The van der Waals surface area contributed by atoms with Gasteiger partial charge in [0, 0.05) is 18.8 Å². The average molecular weight is 415 g/mol. The van der Waals surface area contributed by atoms with Gasteiger partial charge < -0.3 is 5.32 Å². The summed E-state index contributed by atoms with van der Waals surface area (Å²) in [6, 6.07) is 9.68. The fourth-order valence-electron chi connectivity index (χ4n) is 4.31. The highest BCUT2D eigenvalue weighted by Crippen LogP contribution is 2.30. The third kappa shape index (κ3) is 4.38. The van der Waals surface area contributed by atoms with Crippen LogP contribution in [0.3, 0.4) is 0 Å². The minimum atomic E-state index is -3.64. The number of carbonyl (C=O) groups is 1. The average Bonchev–Trinajstić information content (AvgIpc) is 2.63. The van der Waals surface area contributed by atoms with Crippen molar-refractivity contribution < 1.29 is 13.2 Å². The molecule has 1 aliphatic heterocycles. The number of hydrogen-bond donors (Lipinski definition) is 1. The molecule has 1 fully saturated rings.